The van der Waals surface area contributed by atoms with E-state index in [9.17, 15) is 9.18 Å². The molecule has 2 N–H and O–H groups in total. The molecule has 0 aliphatic rings. The van der Waals surface area contributed by atoms with Crippen molar-refractivity contribution in [1.29, 1.82) is 0 Å². The van der Waals surface area contributed by atoms with Gasteiger partial charge in [-0.15, -0.1) is 0 Å². The van der Waals surface area contributed by atoms with Gasteiger partial charge in [-0.1, -0.05) is 49.4 Å². The molecule has 1 heterocycles. The first-order valence-corrected chi connectivity index (χ1v) is 8.81. The van der Waals surface area contributed by atoms with Gasteiger partial charge in [0, 0.05) is 19.5 Å². The lowest BCUT2D eigenvalue weighted by atomic mass is 10.2. The van der Waals surface area contributed by atoms with Crippen LogP contribution >= 0.6 is 0 Å². The minimum Gasteiger partial charge on any atom is -0.492 e. The molecular formula is C20H25FN4O2. The number of nitrogens with one attached hydrogen (secondary N) is 2. The van der Waals surface area contributed by atoms with Crippen LogP contribution in [0.1, 0.15) is 24.6 Å². The highest BCUT2D eigenvalue weighted by Gasteiger charge is 2.08. The predicted octanol–water partition coefficient (Wildman–Crippen LogP) is 3.36. The number of alkyl halides is 1. The van der Waals surface area contributed by atoms with E-state index in [1.54, 1.807) is 19.2 Å². The lowest BCUT2D eigenvalue weighted by molar-refractivity contribution is 0.188. The number of allylic oxidation sites excluding steroid dienone is 4. The monoisotopic (exact) mass is 372 g/mol. The number of ether oxygens (including phenoxy) is 1. The Morgan fingerprint density at radius 3 is 2.78 bits per heavy atom. The first kappa shape index (κ1) is 20.2. The Balaban J connectivity index is 2.09. The van der Waals surface area contributed by atoms with Gasteiger partial charge in [-0.05, 0) is 11.6 Å². The molecule has 0 unspecified atom stereocenters. The fraction of sp³-hybridized carbons (Fsp3) is 0.300. The van der Waals surface area contributed by atoms with Crippen molar-refractivity contribution in [2.75, 3.05) is 24.5 Å². The van der Waals surface area contributed by atoms with Gasteiger partial charge in [-0.25, -0.2) is 9.37 Å². The van der Waals surface area contributed by atoms with E-state index < -0.39 is 6.67 Å². The van der Waals surface area contributed by atoms with Gasteiger partial charge in [0.25, 0.3) is 5.56 Å². The van der Waals surface area contributed by atoms with Crippen LogP contribution in [0.15, 0.2) is 65.2 Å². The minimum atomic E-state index is -0.519. The van der Waals surface area contributed by atoms with Crippen LogP contribution in [0.3, 0.4) is 0 Å². The third-order valence-corrected chi connectivity index (χ3v) is 3.74. The number of rotatable bonds is 10. The predicted molar refractivity (Wildman–Crippen MR) is 106 cm³/mol. The topological polar surface area (TPSA) is 68.2 Å². The van der Waals surface area contributed by atoms with Gasteiger partial charge in [0.2, 0.25) is 5.95 Å². The molecule has 27 heavy (non-hydrogen) atoms. The summed E-state index contributed by atoms with van der Waals surface area (Å²) >= 11 is 0. The smallest absolute Gasteiger partial charge is 0.273 e. The van der Waals surface area contributed by atoms with Crippen LogP contribution in [0.2, 0.25) is 0 Å². The van der Waals surface area contributed by atoms with Gasteiger partial charge < -0.3 is 15.5 Å². The van der Waals surface area contributed by atoms with E-state index in [0.717, 1.165) is 5.56 Å². The van der Waals surface area contributed by atoms with Crippen molar-refractivity contribution in [3.05, 3.63) is 82.0 Å². The molecule has 2 rings (SSSR count). The molecule has 0 aliphatic heterocycles. The molecule has 0 fully saturated rings. The molecule has 0 radical (unpaired) electrons. The van der Waals surface area contributed by atoms with E-state index in [-0.39, 0.29) is 12.2 Å². The number of hydrogen-bond donors (Lipinski definition) is 2. The number of hydrogen-bond acceptors (Lipinski definition) is 5. The van der Waals surface area contributed by atoms with Gasteiger partial charge in [-0.2, -0.15) is 4.68 Å². The molecule has 0 spiro atoms. The SMILES string of the molecule is CC/C(=C\C=C/CF)OCc1cc(=O)n(NCc2ccccc2)c(NC)n1. The average molecular weight is 372 g/mol. The second-order valence-electron chi connectivity index (χ2n) is 5.67. The lowest BCUT2D eigenvalue weighted by Crippen LogP contribution is -2.32. The molecule has 1 aromatic heterocycles. The third kappa shape index (κ3) is 6.29. The lowest BCUT2D eigenvalue weighted by Gasteiger charge is -2.15. The molecule has 1 aromatic carbocycles. The second-order valence-corrected chi connectivity index (χ2v) is 5.67. The van der Waals surface area contributed by atoms with Gasteiger partial charge in [0.15, 0.2) is 0 Å². The van der Waals surface area contributed by atoms with Crippen molar-refractivity contribution in [3.63, 3.8) is 0 Å². The second kappa shape index (κ2) is 10.8. The molecule has 0 atom stereocenters. The Bertz CT molecular complexity index is 832. The quantitative estimate of drug-likeness (QED) is 0.494. The van der Waals surface area contributed by atoms with E-state index in [2.05, 4.69) is 15.7 Å². The molecule has 0 amide bonds. The van der Waals surface area contributed by atoms with E-state index in [4.69, 9.17) is 4.74 Å². The maximum absolute atomic E-state index is 12.5. The summed E-state index contributed by atoms with van der Waals surface area (Å²) in [5, 5.41) is 2.92. The van der Waals surface area contributed by atoms with Crippen molar-refractivity contribution >= 4 is 5.95 Å². The zero-order chi connectivity index (χ0) is 19.5. The highest BCUT2D eigenvalue weighted by atomic mass is 19.1. The zero-order valence-corrected chi connectivity index (χ0v) is 15.6. The van der Waals surface area contributed by atoms with E-state index in [0.29, 0.717) is 30.4 Å². The third-order valence-electron chi connectivity index (χ3n) is 3.74. The highest BCUT2D eigenvalue weighted by molar-refractivity contribution is 5.28. The molecule has 144 valence electrons. The van der Waals surface area contributed by atoms with Crippen molar-refractivity contribution in [2.45, 2.75) is 26.5 Å². The fourth-order valence-corrected chi connectivity index (χ4v) is 2.35. The number of benzene rings is 1. The van der Waals surface area contributed by atoms with Crippen molar-refractivity contribution in [2.24, 2.45) is 0 Å². The maximum atomic E-state index is 12.5. The standard InChI is InChI=1S/C20H25FN4O2/c1-3-18(11-7-8-12-21)27-15-17-13-19(26)25(20(22-2)24-17)23-14-16-9-5-4-6-10-16/h4-11,13,23H,3,12,14-15H2,1-2H3,(H,22,24)/b8-7-,18-11+. The summed E-state index contributed by atoms with van der Waals surface area (Å²) < 4.78 is 19.2. The van der Waals surface area contributed by atoms with Crippen LogP contribution in [0, 0.1) is 0 Å². The van der Waals surface area contributed by atoms with Crippen LogP contribution in [-0.4, -0.2) is 23.4 Å². The molecular weight excluding hydrogens is 347 g/mol. The van der Waals surface area contributed by atoms with E-state index in [1.165, 1.54) is 16.8 Å². The average Bonchev–Trinajstić information content (AvgIpc) is 2.70. The van der Waals surface area contributed by atoms with Gasteiger partial charge >= 0.3 is 0 Å². The minimum absolute atomic E-state index is 0.159. The first-order valence-electron chi connectivity index (χ1n) is 8.81. The van der Waals surface area contributed by atoms with Crippen molar-refractivity contribution < 1.29 is 9.13 Å². The summed E-state index contributed by atoms with van der Waals surface area (Å²) in [5.41, 5.74) is 4.40. The Hall–Kier alpha value is -3.09. The van der Waals surface area contributed by atoms with Crippen LogP contribution in [0.25, 0.3) is 0 Å². The van der Waals surface area contributed by atoms with E-state index >= 15 is 0 Å². The largest absolute Gasteiger partial charge is 0.492 e. The Kier molecular flexibility index (Phi) is 8.09. The van der Waals surface area contributed by atoms with Crippen LogP contribution < -0.4 is 16.3 Å². The molecule has 6 nitrogen and oxygen atoms in total. The van der Waals surface area contributed by atoms with Gasteiger partial charge in [0.05, 0.1) is 18.0 Å². The Morgan fingerprint density at radius 2 is 2.11 bits per heavy atom. The molecule has 2 aromatic rings. The number of anilines is 1. The molecule has 0 aliphatic carbocycles. The number of halogens is 1. The zero-order valence-electron chi connectivity index (χ0n) is 15.6. The maximum Gasteiger partial charge on any atom is 0.273 e. The highest BCUT2D eigenvalue weighted by Crippen LogP contribution is 2.09. The number of aromatic nitrogens is 2. The first-order chi connectivity index (χ1) is 13.2. The summed E-state index contributed by atoms with van der Waals surface area (Å²) in [6, 6.07) is 11.2. The van der Waals surface area contributed by atoms with Crippen LogP contribution in [0.5, 0.6) is 0 Å². The Labute approximate surface area is 158 Å². The molecule has 7 heteroatoms. The summed E-state index contributed by atoms with van der Waals surface area (Å²) in [6.45, 7) is 2.07. The van der Waals surface area contributed by atoms with Gasteiger partial charge in [-0.3, -0.25) is 4.79 Å². The summed E-state index contributed by atoms with van der Waals surface area (Å²) in [7, 11) is 1.70. The Morgan fingerprint density at radius 1 is 1.33 bits per heavy atom. The van der Waals surface area contributed by atoms with E-state index in [1.807, 2.05) is 37.3 Å². The fourth-order valence-electron chi connectivity index (χ4n) is 2.35. The molecule has 0 saturated carbocycles. The summed E-state index contributed by atoms with van der Waals surface area (Å²) in [5.74, 6) is 1.09. The van der Waals surface area contributed by atoms with Crippen molar-refractivity contribution in [1.82, 2.24) is 9.66 Å². The molecule has 0 bridgehead atoms. The van der Waals surface area contributed by atoms with Gasteiger partial charge in [0.1, 0.15) is 13.3 Å². The van der Waals surface area contributed by atoms with Crippen LogP contribution in [0.4, 0.5) is 10.3 Å². The number of nitrogens with zero attached hydrogens (tertiary/aromatic N) is 2. The summed E-state index contributed by atoms with van der Waals surface area (Å²) in [6.07, 6.45) is 5.37. The van der Waals surface area contributed by atoms with Crippen LogP contribution in [-0.2, 0) is 17.9 Å². The normalized spacial score (nSPS) is 11.6. The van der Waals surface area contributed by atoms with Crippen molar-refractivity contribution in [3.8, 4) is 0 Å². The molecule has 0 saturated heterocycles. The summed E-state index contributed by atoms with van der Waals surface area (Å²) in [4.78, 5) is 16.9.